The minimum Gasteiger partial charge on any atom is -0.508 e. The molecule has 0 unspecified atom stereocenters. The molecule has 0 aliphatic heterocycles. The standard InChI is InChI=1S/C75H82ClN11O9/c1-45(2)67(75(96)86-65(39-46-15-4-3-5-16-46)71(92)82-62(68(79)89)42-53-21-14-20-51-18-8-9-22-57(51)53)87-70(91)61(25-12-13-36-77)81-74(95)66(43-54-44-80-60-24-11-10-23-58(54)60)85-73(94)64(41-48-29-34-56(88)35-30-48)84-72(93)63(40-47-27-32-55(76)33-28-47)83-69(90)59(78)38-49-26-31-50-17-6-7-19-52(50)37-49/h3-11,14-24,26-35,37,44-45,59,61-67,80,88H,12-13,25,36,38-43,77-78H2,1-2H3,(H2,79,89)(H,81,95)(H,82,92)(H,83,90)(H,84,93)(H,85,94)(H,86,96)(H,87,91)/t59-,61+,62+,63-,64+,65+,66-,67+/m1/s1. The molecule has 8 aromatic carbocycles. The van der Waals surface area contributed by atoms with Gasteiger partial charge < -0.3 is 64.5 Å². The Kier molecular flexibility index (Phi) is 24.5. The third-order valence-electron chi connectivity index (χ3n) is 17.0. The number of phenols is 1. The zero-order chi connectivity index (χ0) is 68.3. The van der Waals surface area contributed by atoms with Crippen LogP contribution < -0.4 is 54.4 Å². The number of carbonyl (C=O) groups is 8. The fourth-order valence-electron chi connectivity index (χ4n) is 11.7. The van der Waals surface area contributed by atoms with E-state index in [1.54, 1.807) is 80.7 Å². The Hall–Kier alpha value is -10.4. The van der Waals surface area contributed by atoms with Crippen molar-refractivity contribution in [1.82, 2.24) is 42.2 Å². The van der Waals surface area contributed by atoms with E-state index in [1.165, 1.54) is 12.1 Å². The van der Waals surface area contributed by atoms with Crippen molar-refractivity contribution in [3.63, 3.8) is 0 Å². The largest absolute Gasteiger partial charge is 0.508 e. The first-order chi connectivity index (χ1) is 46.3. The maximum absolute atomic E-state index is 15.2. The summed E-state index contributed by atoms with van der Waals surface area (Å²) in [5, 5.41) is 35.2. The van der Waals surface area contributed by atoms with Gasteiger partial charge in [0.25, 0.3) is 0 Å². The number of hydrogen-bond acceptors (Lipinski definition) is 11. The quantitative estimate of drug-likeness (QED) is 0.0200. The molecule has 0 spiro atoms. The summed E-state index contributed by atoms with van der Waals surface area (Å²) in [6.07, 6.45) is 2.46. The van der Waals surface area contributed by atoms with Crippen LogP contribution in [0, 0.1) is 5.92 Å². The summed E-state index contributed by atoms with van der Waals surface area (Å²) in [6.45, 7) is 3.68. The molecule has 21 heteroatoms. The molecule has 0 aliphatic carbocycles. The molecule has 1 heterocycles. The van der Waals surface area contributed by atoms with Crippen LogP contribution in [0.1, 0.15) is 66.5 Å². The maximum atomic E-state index is 15.2. The van der Waals surface area contributed by atoms with Gasteiger partial charge in [-0.3, -0.25) is 38.4 Å². The topological polar surface area (TPSA) is 335 Å². The third kappa shape index (κ3) is 19.4. The minimum absolute atomic E-state index is 0.000288. The number of halogens is 1. The van der Waals surface area contributed by atoms with Gasteiger partial charge in [0.1, 0.15) is 48.0 Å². The predicted molar refractivity (Wildman–Crippen MR) is 373 cm³/mol. The van der Waals surface area contributed by atoms with Gasteiger partial charge in [-0.25, -0.2) is 0 Å². The first-order valence-electron chi connectivity index (χ1n) is 32.2. The van der Waals surface area contributed by atoms with Crippen LogP contribution in [0.3, 0.4) is 0 Å². The maximum Gasteiger partial charge on any atom is 0.243 e. The average Bonchev–Trinajstić information content (AvgIpc) is 1.57. The smallest absolute Gasteiger partial charge is 0.243 e. The van der Waals surface area contributed by atoms with E-state index in [1.807, 2.05) is 115 Å². The number of para-hydroxylation sites is 1. The van der Waals surface area contributed by atoms with Gasteiger partial charge in [-0.15, -0.1) is 0 Å². The monoisotopic (exact) mass is 1320 g/mol. The number of unbranched alkanes of at least 4 members (excludes halogenated alkanes) is 1. The number of fused-ring (bicyclic) bond motifs is 3. The number of aromatic amines is 1. The fraction of sp³-hybridized carbons (Fsp3) is 0.280. The van der Waals surface area contributed by atoms with Crippen molar-refractivity contribution in [1.29, 1.82) is 0 Å². The highest BCUT2D eigenvalue weighted by atomic mass is 35.5. The van der Waals surface area contributed by atoms with Gasteiger partial charge in [0.15, 0.2) is 0 Å². The van der Waals surface area contributed by atoms with Crippen LogP contribution in [0.25, 0.3) is 32.4 Å². The highest BCUT2D eigenvalue weighted by molar-refractivity contribution is 6.30. The van der Waals surface area contributed by atoms with Crippen LogP contribution in [-0.4, -0.2) is 112 Å². The summed E-state index contributed by atoms with van der Waals surface area (Å²) in [5.74, 6) is -6.57. The highest BCUT2D eigenvalue weighted by Gasteiger charge is 2.36. The summed E-state index contributed by atoms with van der Waals surface area (Å²) in [6, 6.07) is 45.7. The zero-order valence-corrected chi connectivity index (χ0v) is 54.3. The van der Waals surface area contributed by atoms with Crippen molar-refractivity contribution < 1.29 is 43.5 Å². The van der Waals surface area contributed by atoms with Crippen molar-refractivity contribution in [3.05, 3.63) is 233 Å². The normalized spacial score (nSPS) is 13.9. The first kappa shape index (κ1) is 69.9. The number of nitrogens with one attached hydrogen (secondary N) is 8. The number of nitrogens with two attached hydrogens (primary N) is 3. The Bertz CT molecular complexity index is 4180. The van der Waals surface area contributed by atoms with E-state index < -0.39 is 102 Å². The molecule has 498 valence electrons. The van der Waals surface area contributed by atoms with Gasteiger partial charge >= 0.3 is 0 Å². The summed E-state index contributed by atoms with van der Waals surface area (Å²) in [7, 11) is 0. The molecule has 0 saturated heterocycles. The lowest BCUT2D eigenvalue weighted by molar-refractivity contribution is -0.136. The van der Waals surface area contributed by atoms with E-state index in [-0.39, 0.29) is 57.2 Å². The molecule has 8 atom stereocenters. The number of aromatic hydroxyl groups is 1. The van der Waals surface area contributed by atoms with Crippen molar-refractivity contribution in [2.24, 2.45) is 23.1 Å². The molecule has 15 N–H and O–H groups in total. The number of aromatic nitrogens is 1. The molecular weight excluding hydrogens is 1230 g/mol. The van der Waals surface area contributed by atoms with Crippen molar-refractivity contribution in [2.75, 3.05) is 6.54 Å². The molecule has 96 heavy (non-hydrogen) atoms. The van der Waals surface area contributed by atoms with E-state index in [0.29, 0.717) is 40.1 Å². The van der Waals surface area contributed by atoms with E-state index in [4.69, 9.17) is 28.8 Å². The molecule has 9 rings (SSSR count). The number of rotatable bonds is 32. The lowest BCUT2D eigenvalue weighted by Crippen LogP contribution is -2.61. The van der Waals surface area contributed by atoms with E-state index in [2.05, 4.69) is 42.2 Å². The van der Waals surface area contributed by atoms with Gasteiger partial charge in [-0.2, -0.15) is 0 Å². The molecule has 0 fully saturated rings. The van der Waals surface area contributed by atoms with Crippen molar-refractivity contribution in [2.45, 2.75) is 120 Å². The fourth-order valence-corrected chi connectivity index (χ4v) is 11.9. The number of phenolic OH excluding ortho intramolecular Hbond substituents is 1. The second-order valence-corrected chi connectivity index (χ2v) is 25.0. The molecule has 0 bridgehead atoms. The summed E-state index contributed by atoms with van der Waals surface area (Å²) in [5.41, 5.74) is 23.2. The Morgan fingerprint density at radius 1 is 0.438 bits per heavy atom. The molecule has 0 radical (unpaired) electrons. The van der Waals surface area contributed by atoms with Gasteiger partial charge in [-0.1, -0.05) is 183 Å². The summed E-state index contributed by atoms with van der Waals surface area (Å²) >= 11 is 6.27. The van der Waals surface area contributed by atoms with Crippen LogP contribution in [0.5, 0.6) is 5.75 Å². The second kappa shape index (κ2) is 33.6. The van der Waals surface area contributed by atoms with Gasteiger partial charge in [0.2, 0.25) is 47.3 Å². The number of benzene rings is 8. The molecule has 20 nitrogen and oxygen atoms in total. The third-order valence-corrected chi connectivity index (χ3v) is 17.3. The van der Waals surface area contributed by atoms with Crippen LogP contribution in [0.4, 0.5) is 0 Å². The van der Waals surface area contributed by atoms with Gasteiger partial charge in [0, 0.05) is 54.2 Å². The molecule has 0 aliphatic rings. The van der Waals surface area contributed by atoms with Crippen molar-refractivity contribution in [3.8, 4) is 5.75 Å². The summed E-state index contributed by atoms with van der Waals surface area (Å²) < 4.78 is 0. The van der Waals surface area contributed by atoms with Gasteiger partial charge in [0.05, 0.1) is 6.04 Å². The van der Waals surface area contributed by atoms with Gasteiger partial charge in [-0.05, 0) is 123 Å². The van der Waals surface area contributed by atoms with E-state index >= 15 is 9.59 Å². The van der Waals surface area contributed by atoms with Crippen LogP contribution >= 0.6 is 11.6 Å². The Morgan fingerprint density at radius 3 is 1.54 bits per heavy atom. The SMILES string of the molecule is CC(C)[C@H](NC(=O)[C@H](CCCCN)NC(=O)[C@@H](Cc1c[nH]c2ccccc12)NC(=O)[C@H](Cc1ccc(O)cc1)NC(=O)[C@@H](Cc1ccc(Cl)cc1)NC(=O)[C@H](N)Cc1ccc2ccccc2c1)C(=O)N[C@@H](Cc1ccccc1)C(=O)N[C@@H](Cc1cccc2ccccc12)C(N)=O. The average molecular weight is 1320 g/mol. The molecule has 0 saturated carbocycles. The zero-order valence-electron chi connectivity index (χ0n) is 53.6. The van der Waals surface area contributed by atoms with Crippen LogP contribution in [-0.2, 0) is 76.9 Å². The van der Waals surface area contributed by atoms with Crippen LogP contribution in [0.2, 0.25) is 5.02 Å². The molecule has 1 aromatic heterocycles. The predicted octanol–water partition coefficient (Wildman–Crippen LogP) is 6.58. The number of carbonyl (C=O) groups excluding carboxylic acids is 8. The number of H-pyrrole nitrogens is 1. The number of hydrogen-bond donors (Lipinski definition) is 12. The van der Waals surface area contributed by atoms with E-state index in [0.717, 1.165) is 43.6 Å². The first-order valence-corrected chi connectivity index (χ1v) is 32.6. The minimum atomic E-state index is -1.43. The Balaban J connectivity index is 0.963. The summed E-state index contributed by atoms with van der Waals surface area (Å²) in [4.78, 5) is 120. The lowest BCUT2D eigenvalue weighted by atomic mass is 9.97. The van der Waals surface area contributed by atoms with E-state index in [9.17, 15) is 33.9 Å². The molecule has 9 aromatic rings. The number of primary amides is 1. The highest BCUT2D eigenvalue weighted by Crippen LogP contribution is 2.24. The lowest BCUT2D eigenvalue weighted by Gasteiger charge is -2.29. The number of amides is 8. The molecular formula is C75H82ClN11O9. The second-order valence-electron chi connectivity index (χ2n) is 24.6. The Labute approximate surface area is 562 Å². The Morgan fingerprint density at radius 2 is 0.917 bits per heavy atom. The van der Waals surface area contributed by atoms with Crippen LogP contribution in [0.15, 0.2) is 194 Å². The van der Waals surface area contributed by atoms with Crippen molar-refractivity contribution >= 4 is 91.3 Å². The molecule has 8 amide bonds.